The number of carbonyl (C=O) groups is 2. The average molecular weight is 373 g/mol. The van der Waals surface area contributed by atoms with Crippen LogP contribution in [0.25, 0.3) is 0 Å². The van der Waals surface area contributed by atoms with Gasteiger partial charge in [0.25, 0.3) is 0 Å². The van der Waals surface area contributed by atoms with Crippen molar-refractivity contribution in [1.29, 1.82) is 0 Å². The van der Waals surface area contributed by atoms with Crippen LogP contribution in [-0.4, -0.2) is 37.4 Å². The number of benzene rings is 1. The van der Waals surface area contributed by atoms with Crippen molar-refractivity contribution in [2.24, 2.45) is 0 Å². The average Bonchev–Trinajstić information content (AvgIpc) is 3.37. The Balaban J connectivity index is 1.69. The number of carbonyl (C=O) groups excluding carboxylic acids is 2. The van der Waals surface area contributed by atoms with Crippen molar-refractivity contribution < 1.29 is 19.1 Å². The van der Waals surface area contributed by atoms with Gasteiger partial charge in [0.15, 0.2) is 5.78 Å². The van der Waals surface area contributed by atoms with E-state index in [4.69, 9.17) is 9.47 Å². The maximum Gasteiger partial charge on any atom is 0.223 e. The number of amides is 1. The highest BCUT2D eigenvalue weighted by Gasteiger charge is 2.32. The molecule has 1 aliphatic heterocycles. The van der Waals surface area contributed by atoms with Crippen molar-refractivity contribution in [2.75, 3.05) is 20.8 Å². The topological polar surface area (TPSA) is 55.8 Å². The summed E-state index contributed by atoms with van der Waals surface area (Å²) in [6.45, 7) is 0.714. The molecule has 138 valence electrons. The maximum atomic E-state index is 12.7. The molecule has 0 radical (unpaired) electrons. The molecule has 0 N–H and O–H groups in total. The van der Waals surface area contributed by atoms with E-state index < -0.39 is 0 Å². The molecule has 6 heteroatoms. The summed E-state index contributed by atoms with van der Waals surface area (Å²) in [6, 6.07) is 9.34. The Morgan fingerprint density at radius 3 is 2.73 bits per heavy atom. The van der Waals surface area contributed by atoms with Crippen LogP contribution in [0.2, 0.25) is 0 Å². The van der Waals surface area contributed by atoms with Crippen LogP contribution in [0.15, 0.2) is 35.7 Å². The third-order valence-electron chi connectivity index (χ3n) is 4.73. The van der Waals surface area contributed by atoms with Crippen LogP contribution in [-0.2, 0) is 4.79 Å². The summed E-state index contributed by atoms with van der Waals surface area (Å²) in [5.41, 5.74) is 0.990. The molecule has 1 saturated heterocycles. The minimum Gasteiger partial charge on any atom is -0.497 e. The minimum absolute atomic E-state index is 0.0137. The third kappa shape index (κ3) is 3.90. The zero-order valence-electron chi connectivity index (χ0n) is 15.1. The number of methoxy groups -OCH3 is 2. The molecule has 2 aromatic rings. The molecule has 0 spiro atoms. The summed E-state index contributed by atoms with van der Waals surface area (Å²) in [5.74, 6) is 1.51. The van der Waals surface area contributed by atoms with Crippen molar-refractivity contribution in [3.05, 3.63) is 46.2 Å². The first-order valence-electron chi connectivity index (χ1n) is 8.72. The number of hydrogen-bond donors (Lipinski definition) is 0. The summed E-state index contributed by atoms with van der Waals surface area (Å²) in [6.07, 6.45) is 2.34. The van der Waals surface area contributed by atoms with Crippen LogP contribution >= 0.6 is 11.3 Å². The van der Waals surface area contributed by atoms with Gasteiger partial charge >= 0.3 is 0 Å². The number of hydrogen-bond acceptors (Lipinski definition) is 5. The summed E-state index contributed by atoms with van der Waals surface area (Å²) >= 11 is 1.42. The molecule has 1 amide bonds. The number of likely N-dealkylation sites (tertiary alicyclic amines) is 1. The van der Waals surface area contributed by atoms with Crippen molar-refractivity contribution in [3.8, 4) is 11.5 Å². The number of thiophene rings is 1. The lowest BCUT2D eigenvalue weighted by Gasteiger charge is -2.26. The Labute approximate surface area is 157 Å². The fourth-order valence-corrected chi connectivity index (χ4v) is 4.10. The summed E-state index contributed by atoms with van der Waals surface area (Å²) in [7, 11) is 3.24. The molecule has 1 aromatic carbocycles. The Hall–Kier alpha value is -2.34. The lowest BCUT2D eigenvalue weighted by molar-refractivity contribution is -0.132. The molecule has 0 aliphatic carbocycles. The van der Waals surface area contributed by atoms with Crippen LogP contribution in [0.5, 0.6) is 11.5 Å². The first kappa shape index (κ1) is 18.5. The van der Waals surface area contributed by atoms with E-state index in [0.717, 1.165) is 29.9 Å². The molecule has 5 nitrogen and oxygen atoms in total. The van der Waals surface area contributed by atoms with Gasteiger partial charge in [0.1, 0.15) is 11.5 Å². The van der Waals surface area contributed by atoms with Gasteiger partial charge in [-0.25, -0.2) is 0 Å². The van der Waals surface area contributed by atoms with Crippen LogP contribution in [0, 0.1) is 0 Å². The second kappa shape index (κ2) is 8.36. The number of rotatable bonds is 7. The van der Waals surface area contributed by atoms with Crippen molar-refractivity contribution in [2.45, 2.75) is 31.7 Å². The number of nitrogens with zero attached hydrogens (tertiary/aromatic N) is 1. The fraction of sp³-hybridized carbons (Fsp3) is 0.400. The van der Waals surface area contributed by atoms with E-state index in [-0.39, 0.29) is 30.6 Å². The van der Waals surface area contributed by atoms with Crippen LogP contribution in [0.3, 0.4) is 0 Å². The predicted octanol–water partition coefficient (Wildman–Crippen LogP) is 4.09. The van der Waals surface area contributed by atoms with Crippen LogP contribution in [0.1, 0.15) is 47.0 Å². The molecule has 1 aliphatic rings. The number of Topliss-reactive ketones (excluding diaryl/α,β-unsaturated/α-hetero) is 1. The first-order valence-corrected chi connectivity index (χ1v) is 9.60. The highest BCUT2D eigenvalue weighted by atomic mass is 32.1. The Morgan fingerprint density at radius 2 is 2.04 bits per heavy atom. The lowest BCUT2D eigenvalue weighted by Crippen LogP contribution is -2.31. The normalized spacial score (nSPS) is 16.5. The van der Waals surface area contributed by atoms with E-state index in [9.17, 15) is 9.59 Å². The van der Waals surface area contributed by atoms with E-state index in [1.807, 2.05) is 34.5 Å². The van der Waals surface area contributed by atoms with Crippen molar-refractivity contribution in [1.82, 2.24) is 4.90 Å². The number of ether oxygens (including phenoxy) is 2. The van der Waals surface area contributed by atoms with Gasteiger partial charge in [-0.3, -0.25) is 9.59 Å². The maximum absolute atomic E-state index is 12.7. The zero-order valence-corrected chi connectivity index (χ0v) is 15.9. The van der Waals surface area contributed by atoms with Gasteiger partial charge in [0.2, 0.25) is 5.91 Å². The Kier molecular flexibility index (Phi) is 5.93. The monoisotopic (exact) mass is 373 g/mol. The van der Waals surface area contributed by atoms with E-state index in [0.29, 0.717) is 11.4 Å². The standard InChI is InChI=1S/C20H23NO4S/c1-24-14-7-8-15(18(13-14)25-2)16-5-3-11-21(16)20(23)10-9-17(22)19-6-4-12-26-19/h4,6-8,12-13,16H,3,5,9-11H2,1-2H3. The number of ketones is 1. The lowest BCUT2D eigenvalue weighted by atomic mass is 10.0. The van der Waals surface area contributed by atoms with Gasteiger partial charge in [-0.1, -0.05) is 6.07 Å². The second-order valence-electron chi connectivity index (χ2n) is 6.25. The summed E-state index contributed by atoms with van der Waals surface area (Å²) < 4.78 is 10.8. The first-order chi connectivity index (χ1) is 12.6. The molecule has 1 fully saturated rings. The van der Waals surface area contributed by atoms with E-state index in [1.165, 1.54) is 11.3 Å². The predicted molar refractivity (Wildman–Crippen MR) is 101 cm³/mol. The highest BCUT2D eigenvalue weighted by Crippen LogP contribution is 2.39. The van der Waals surface area contributed by atoms with Crippen LogP contribution < -0.4 is 9.47 Å². The molecule has 26 heavy (non-hydrogen) atoms. The molecular weight excluding hydrogens is 350 g/mol. The molecule has 0 bridgehead atoms. The van der Waals surface area contributed by atoms with Gasteiger partial charge in [-0.15, -0.1) is 11.3 Å². The molecule has 1 aromatic heterocycles. The molecule has 0 saturated carbocycles. The van der Waals surface area contributed by atoms with Gasteiger partial charge in [-0.2, -0.15) is 0 Å². The fourth-order valence-electron chi connectivity index (χ4n) is 3.41. The van der Waals surface area contributed by atoms with E-state index >= 15 is 0 Å². The Morgan fingerprint density at radius 1 is 1.19 bits per heavy atom. The summed E-state index contributed by atoms with van der Waals surface area (Å²) in [4.78, 5) is 27.5. The third-order valence-corrected chi connectivity index (χ3v) is 5.65. The molecule has 2 heterocycles. The molecule has 3 rings (SSSR count). The quantitative estimate of drug-likeness (QED) is 0.686. The minimum atomic E-state index is -0.0137. The largest absolute Gasteiger partial charge is 0.497 e. The van der Waals surface area contributed by atoms with Gasteiger partial charge < -0.3 is 14.4 Å². The van der Waals surface area contributed by atoms with E-state index in [2.05, 4.69) is 0 Å². The van der Waals surface area contributed by atoms with Gasteiger partial charge in [0.05, 0.1) is 25.1 Å². The smallest absolute Gasteiger partial charge is 0.223 e. The zero-order chi connectivity index (χ0) is 18.5. The van der Waals surface area contributed by atoms with E-state index in [1.54, 1.807) is 20.3 Å². The van der Waals surface area contributed by atoms with Gasteiger partial charge in [0, 0.05) is 31.0 Å². The molecule has 1 unspecified atom stereocenters. The summed E-state index contributed by atoms with van der Waals surface area (Å²) in [5, 5.41) is 1.88. The van der Waals surface area contributed by atoms with Gasteiger partial charge in [-0.05, 0) is 36.4 Å². The second-order valence-corrected chi connectivity index (χ2v) is 7.20. The van der Waals surface area contributed by atoms with Crippen LogP contribution in [0.4, 0.5) is 0 Å². The Bertz CT molecular complexity index is 772. The van der Waals surface area contributed by atoms with Crippen molar-refractivity contribution >= 4 is 23.0 Å². The molecule has 1 atom stereocenters. The molecular formula is C20H23NO4S. The SMILES string of the molecule is COc1ccc(C2CCCN2C(=O)CCC(=O)c2cccs2)c(OC)c1. The highest BCUT2D eigenvalue weighted by molar-refractivity contribution is 7.12. The van der Waals surface area contributed by atoms with Crippen molar-refractivity contribution in [3.63, 3.8) is 0 Å².